The average molecular weight is 539 g/mol. The molecular weight excluding hydrogens is 509 g/mol. The first-order valence-electron chi connectivity index (χ1n) is 11.0. The largest absolute Gasteiger partial charge is 0.573 e. The second kappa shape index (κ2) is 11.4. The molecule has 8 heteroatoms. The Bertz CT molecular complexity index is 1140. The van der Waals surface area contributed by atoms with Gasteiger partial charge in [0, 0.05) is 17.1 Å². The minimum atomic E-state index is -4.72. The van der Waals surface area contributed by atoms with E-state index in [1.165, 1.54) is 29.5 Å². The lowest BCUT2D eigenvalue weighted by Gasteiger charge is -2.23. The molecule has 35 heavy (non-hydrogen) atoms. The van der Waals surface area contributed by atoms with Gasteiger partial charge >= 0.3 is 6.36 Å². The third-order valence-corrected chi connectivity index (χ3v) is 9.06. The molecule has 2 nitrogen and oxygen atoms in total. The zero-order valence-electron chi connectivity index (χ0n) is 20.3. The van der Waals surface area contributed by atoms with Gasteiger partial charge in [-0.2, -0.15) is 0 Å². The lowest BCUT2D eigenvalue weighted by molar-refractivity contribution is -0.274. The molecule has 0 aliphatic heterocycles. The molecule has 0 N–H and O–H groups in total. The van der Waals surface area contributed by atoms with Crippen molar-refractivity contribution in [2.24, 2.45) is 5.92 Å². The molecule has 188 valence electrons. The maximum Gasteiger partial charge on any atom is 0.573 e. The fraction of sp³-hybridized carbons (Fsp3) is 0.333. The Morgan fingerprint density at radius 2 is 1.69 bits per heavy atom. The summed E-state index contributed by atoms with van der Waals surface area (Å²) in [5.74, 6) is -0.184. The Balaban J connectivity index is 1.91. The van der Waals surface area contributed by atoms with Crippen LogP contribution in [0.1, 0.15) is 38.3 Å². The van der Waals surface area contributed by atoms with Gasteiger partial charge in [-0.05, 0) is 70.0 Å². The maximum atomic E-state index is 12.5. The fourth-order valence-corrected chi connectivity index (χ4v) is 6.24. The van der Waals surface area contributed by atoms with Crippen LogP contribution in [0.2, 0.25) is 0 Å². The quantitative estimate of drug-likeness (QED) is 0.353. The minimum absolute atomic E-state index is 0.0604. The molecule has 1 aliphatic rings. The highest BCUT2D eigenvalue weighted by Gasteiger charge is 2.31. The van der Waals surface area contributed by atoms with E-state index in [0.29, 0.717) is 6.42 Å². The molecule has 0 bridgehead atoms. The maximum absolute atomic E-state index is 12.5. The average Bonchev–Trinajstić information content (AvgIpc) is 2.77. The van der Waals surface area contributed by atoms with Crippen LogP contribution in [0.15, 0.2) is 80.8 Å². The number of hydrogen-bond acceptors (Lipinski definition) is 4. The molecule has 0 amide bonds. The summed E-state index contributed by atoms with van der Waals surface area (Å²) >= 11 is 3.15. The van der Waals surface area contributed by atoms with E-state index in [1.807, 2.05) is 6.26 Å². The van der Waals surface area contributed by atoms with Crippen molar-refractivity contribution in [2.45, 2.75) is 43.9 Å². The van der Waals surface area contributed by atoms with E-state index in [9.17, 15) is 17.4 Å². The van der Waals surface area contributed by atoms with Gasteiger partial charge in [-0.3, -0.25) is 4.21 Å². The number of benzene rings is 2. The number of ether oxygens (including phenoxy) is 1. The monoisotopic (exact) mass is 538 g/mol. The second-order valence-corrected chi connectivity index (χ2v) is 12.7. The molecule has 0 aromatic heterocycles. The molecule has 0 saturated carbocycles. The summed E-state index contributed by atoms with van der Waals surface area (Å²) in [4.78, 5) is 2.19. The Hall–Kier alpha value is -1.90. The highest BCUT2D eigenvalue weighted by atomic mass is 32.2. The summed E-state index contributed by atoms with van der Waals surface area (Å²) in [6.07, 6.45) is 5.80. The van der Waals surface area contributed by atoms with E-state index in [0.717, 1.165) is 25.2 Å². The molecule has 0 fully saturated rings. The molecule has 0 radical (unpaired) electrons. The second-order valence-electron chi connectivity index (χ2n) is 9.14. The summed E-state index contributed by atoms with van der Waals surface area (Å²) in [6.45, 7) is 6.53. The van der Waals surface area contributed by atoms with Crippen molar-refractivity contribution < 1.29 is 22.1 Å². The molecule has 3 rings (SSSR count). The summed E-state index contributed by atoms with van der Waals surface area (Å²) < 4.78 is 54.5. The fourth-order valence-electron chi connectivity index (χ4n) is 3.60. The highest BCUT2D eigenvalue weighted by Crippen LogP contribution is 2.42. The van der Waals surface area contributed by atoms with Crippen molar-refractivity contribution in [3.05, 3.63) is 87.0 Å². The van der Waals surface area contributed by atoms with Gasteiger partial charge in [-0.25, -0.2) is 0 Å². The molecule has 2 atom stereocenters. The van der Waals surface area contributed by atoms with Gasteiger partial charge in [0.2, 0.25) is 0 Å². The van der Waals surface area contributed by atoms with Crippen molar-refractivity contribution in [1.82, 2.24) is 0 Å². The molecule has 0 spiro atoms. The van der Waals surface area contributed by atoms with E-state index >= 15 is 0 Å². The smallest absolute Gasteiger partial charge is 0.406 e. The molecule has 2 aromatic rings. The van der Waals surface area contributed by atoms with Gasteiger partial charge in [-0.1, -0.05) is 69.0 Å². The molecule has 1 aliphatic carbocycles. The number of halogens is 3. The van der Waals surface area contributed by atoms with Crippen LogP contribution in [-0.4, -0.2) is 23.1 Å². The zero-order chi connectivity index (χ0) is 25.8. The van der Waals surface area contributed by atoms with Gasteiger partial charge in [-0.15, -0.1) is 24.9 Å². The number of thioether (sulfide) groups is 2. The third kappa shape index (κ3) is 8.05. The van der Waals surface area contributed by atoms with Crippen LogP contribution in [0.3, 0.4) is 0 Å². The zero-order valence-corrected chi connectivity index (χ0v) is 22.8. The summed E-state index contributed by atoms with van der Waals surface area (Å²) in [6, 6.07) is 14.4. The molecular formula is C27H29F3O2S3. The minimum Gasteiger partial charge on any atom is -0.406 e. The lowest BCUT2D eigenvalue weighted by Crippen LogP contribution is -2.17. The Labute approximate surface area is 216 Å². The van der Waals surface area contributed by atoms with Gasteiger partial charge in [0.1, 0.15) is 5.75 Å². The van der Waals surface area contributed by atoms with E-state index < -0.39 is 17.2 Å². The topological polar surface area (TPSA) is 26.3 Å². The van der Waals surface area contributed by atoms with Crippen LogP contribution in [-0.2, 0) is 16.2 Å². The molecule has 0 heterocycles. The Kier molecular flexibility index (Phi) is 9.05. The van der Waals surface area contributed by atoms with E-state index in [2.05, 4.69) is 68.0 Å². The van der Waals surface area contributed by atoms with Crippen LogP contribution in [0.25, 0.3) is 5.57 Å². The number of hydrogen-bond donors (Lipinski definition) is 0. The number of alkyl halides is 3. The van der Waals surface area contributed by atoms with Crippen molar-refractivity contribution in [2.75, 3.05) is 12.5 Å². The van der Waals surface area contributed by atoms with E-state index in [4.69, 9.17) is 0 Å². The first-order chi connectivity index (χ1) is 16.4. The van der Waals surface area contributed by atoms with Gasteiger partial charge in [0.25, 0.3) is 0 Å². The van der Waals surface area contributed by atoms with Crippen LogP contribution in [0.5, 0.6) is 5.75 Å². The molecule has 0 saturated heterocycles. The predicted octanol–water partition coefficient (Wildman–Crippen LogP) is 8.55. The number of rotatable bonds is 7. The first-order valence-corrected chi connectivity index (χ1v) is 14.6. The normalized spacial score (nSPS) is 18.1. The van der Waals surface area contributed by atoms with Crippen molar-refractivity contribution in [3.63, 3.8) is 0 Å². The Morgan fingerprint density at radius 3 is 2.20 bits per heavy atom. The van der Waals surface area contributed by atoms with Gasteiger partial charge in [0.05, 0.1) is 15.0 Å². The van der Waals surface area contributed by atoms with Gasteiger partial charge in [0.15, 0.2) is 0 Å². The van der Waals surface area contributed by atoms with E-state index in [1.54, 1.807) is 30.2 Å². The van der Waals surface area contributed by atoms with Gasteiger partial charge < -0.3 is 4.74 Å². The van der Waals surface area contributed by atoms with Crippen LogP contribution < -0.4 is 4.74 Å². The first kappa shape index (κ1) is 27.7. The van der Waals surface area contributed by atoms with Crippen LogP contribution in [0, 0.1) is 5.92 Å². The summed E-state index contributed by atoms with van der Waals surface area (Å²) in [7, 11) is -1.07. The molecule has 2 unspecified atom stereocenters. The lowest BCUT2D eigenvalue weighted by atomic mass is 9.87. The van der Waals surface area contributed by atoms with Crippen molar-refractivity contribution >= 4 is 39.9 Å². The standard InChI is InChI=1S/C27H29F3O2S3/c1-26(2,3)21-10-14-23(15-11-21)34-24-16-19(6-7-20(24)17-25(33-4)35(5)31)18-8-12-22(13-9-18)32-27(28,29)30/h6,8-17,20H,7H2,1-5H3/b25-17+. The SMILES string of the molecule is CS/C(=C\C1CC=C(c2ccc(OC(F)(F)F)cc2)C=C1Sc1ccc(C(C)(C)C)cc1)S(C)=O. The number of allylic oxidation sites excluding steroid dienone is 5. The highest BCUT2D eigenvalue weighted by molar-refractivity contribution is 8.15. The van der Waals surface area contributed by atoms with Crippen LogP contribution >= 0.6 is 23.5 Å². The van der Waals surface area contributed by atoms with Crippen molar-refractivity contribution in [1.29, 1.82) is 0 Å². The van der Waals surface area contributed by atoms with Crippen LogP contribution in [0.4, 0.5) is 13.2 Å². The van der Waals surface area contributed by atoms with Crippen molar-refractivity contribution in [3.8, 4) is 5.75 Å². The Morgan fingerprint density at radius 1 is 1.06 bits per heavy atom. The summed E-state index contributed by atoms with van der Waals surface area (Å²) in [5, 5.41) is 0. The third-order valence-electron chi connectivity index (χ3n) is 5.45. The molecule has 2 aromatic carbocycles. The van der Waals surface area contributed by atoms with E-state index in [-0.39, 0.29) is 17.1 Å². The summed E-state index contributed by atoms with van der Waals surface area (Å²) in [5.41, 5.74) is 3.07. The predicted molar refractivity (Wildman–Crippen MR) is 144 cm³/mol.